The summed E-state index contributed by atoms with van der Waals surface area (Å²) in [5.41, 5.74) is -0.555. The van der Waals surface area contributed by atoms with Crippen molar-refractivity contribution in [3.05, 3.63) is 12.7 Å². The molecule has 0 aromatic carbocycles. The fourth-order valence-electron chi connectivity index (χ4n) is 1.60. The van der Waals surface area contributed by atoms with Crippen LogP contribution in [-0.4, -0.2) is 44.1 Å². The Morgan fingerprint density at radius 2 is 1.79 bits per heavy atom. The highest BCUT2D eigenvalue weighted by Gasteiger charge is 2.38. The molecule has 0 saturated carbocycles. The molecule has 4 nitrogen and oxygen atoms in total. The molecule has 0 radical (unpaired) electrons. The Morgan fingerprint density at radius 3 is 2.17 bits per heavy atom. The van der Waals surface area contributed by atoms with Crippen molar-refractivity contribution in [3.63, 3.8) is 0 Å². The van der Waals surface area contributed by atoms with E-state index in [2.05, 4.69) is 52.3 Å². The zero-order valence-corrected chi connectivity index (χ0v) is 17.9. The summed E-state index contributed by atoms with van der Waals surface area (Å²) in [6.07, 6.45) is 1.34. The topological polar surface area (TPSA) is 38.8 Å². The maximum atomic E-state index is 12.5. The van der Waals surface area contributed by atoms with Crippen molar-refractivity contribution in [1.82, 2.24) is 4.90 Å². The molecule has 0 N–H and O–H groups in total. The molecule has 24 heavy (non-hydrogen) atoms. The lowest BCUT2D eigenvalue weighted by Gasteiger charge is -2.38. The van der Waals surface area contributed by atoms with Crippen molar-refractivity contribution in [2.24, 2.45) is 0 Å². The van der Waals surface area contributed by atoms with E-state index in [1.54, 1.807) is 17.9 Å². The minimum Gasteiger partial charge on any atom is -0.444 e. The minimum atomic E-state index is -1.91. The van der Waals surface area contributed by atoms with Gasteiger partial charge in [0.25, 0.3) is 0 Å². The summed E-state index contributed by atoms with van der Waals surface area (Å²) in [7, 11) is -1.91. The van der Waals surface area contributed by atoms with Gasteiger partial charge in [-0.05, 0) is 45.8 Å². The van der Waals surface area contributed by atoms with Crippen LogP contribution in [0.5, 0.6) is 0 Å². The summed E-state index contributed by atoms with van der Waals surface area (Å²) in [4.78, 5) is 14.1. The van der Waals surface area contributed by atoms with Gasteiger partial charge in [0.05, 0.1) is 19.2 Å². The zero-order chi connectivity index (χ0) is 19.2. The second-order valence-electron chi connectivity index (χ2n) is 8.41. The Labute approximate surface area is 149 Å². The molecule has 0 bridgehead atoms. The molecule has 0 heterocycles. The maximum Gasteiger partial charge on any atom is 0.411 e. The summed E-state index contributed by atoms with van der Waals surface area (Å²) in [5.74, 6) is 5.77. The Hall–Kier alpha value is -1.25. The first-order valence-electron chi connectivity index (χ1n) is 8.41. The number of hydrogen-bond donors (Lipinski definition) is 0. The van der Waals surface area contributed by atoms with E-state index >= 15 is 0 Å². The zero-order valence-electron chi connectivity index (χ0n) is 16.9. The first-order chi connectivity index (χ1) is 10.7. The largest absolute Gasteiger partial charge is 0.444 e. The van der Waals surface area contributed by atoms with E-state index in [1.165, 1.54) is 0 Å². The third-order valence-electron chi connectivity index (χ3n) is 4.15. The van der Waals surface area contributed by atoms with E-state index in [-0.39, 0.29) is 11.1 Å². The molecular formula is C19H35NO3Si. The summed E-state index contributed by atoms with van der Waals surface area (Å²) in [6.45, 7) is 22.8. The monoisotopic (exact) mass is 353 g/mol. The fraction of sp³-hybridized carbons (Fsp3) is 0.737. The first kappa shape index (κ1) is 22.7. The lowest BCUT2D eigenvalue weighted by molar-refractivity contribution is 0.0186. The molecule has 0 aliphatic carbocycles. The van der Waals surface area contributed by atoms with Crippen molar-refractivity contribution >= 4 is 14.4 Å². The van der Waals surface area contributed by atoms with Crippen LogP contribution in [0.4, 0.5) is 4.79 Å². The fourth-order valence-corrected chi connectivity index (χ4v) is 2.62. The number of hydrogen-bond acceptors (Lipinski definition) is 3. The molecule has 0 saturated heterocycles. The summed E-state index contributed by atoms with van der Waals surface area (Å²) in [6, 6.07) is -0.269. The van der Waals surface area contributed by atoms with E-state index in [1.807, 2.05) is 20.8 Å². The Morgan fingerprint density at radius 1 is 1.25 bits per heavy atom. The van der Waals surface area contributed by atoms with Gasteiger partial charge in [0.15, 0.2) is 8.32 Å². The van der Waals surface area contributed by atoms with E-state index in [0.29, 0.717) is 13.2 Å². The lowest BCUT2D eigenvalue weighted by atomic mass is 10.2. The van der Waals surface area contributed by atoms with Crippen LogP contribution < -0.4 is 0 Å². The molecule has 0 fully saturated rings. The predicted molar refractivity (Wildman–Crippen MR) is 104 cm³/mol. The summed E-state index contributed by atoms with van der Waals surface area (Å²) < 4.78 is 11.8. The molecule has 0 aliphatic rings. The molecule has 138 valence electrons. The molecule has 5 heteroatoms. The number of rotatable bonds is 6. The van der Waals surface area contributed by atoms with Gasteiger partial charge in [-0.15, -0.1) is 12.5 Å². The van der Waals surface area contributed by atoms with E-state index < -0.39 is 20.0 Å². The molecule has 0 aromatic heterocycles. The third kappa shape index (κ3) is 7.54. The van der Waals surface area contributed by atoms with Crippen molar-refractivity contribution in [2.75, 3.05) is 13.2 Å². The Balaban J connectivity index is 5.22. The molecule has 1 amide bonds. The molecule has 1 atom stereocenters. The van der Waals surface area contributed by atoms with Crippen LogP contribution in [0.15, 0.2) is 12.7 Å². The van der Waals surface area contributed by atoms with Crippen LogP contribution in [0.1, 0.15) is 48.5 Å². The highest BCUT2D eigenvalue weighted by molar-refractivity contribution is 6.74. The van der Waals surface area contributed by atoms with Gasteiger partial charge in [-0.25, -0.2) is 4.79 Å². The van der Waals surface area contributed by atoms with Gasteiger partial charge >= 0.3 is 6.09 Å². The SMILES string of the molecule is C=C[C@@H](CO[Si](C)(C)C(C)(C)C)N(CC#CC)C(=O)OC(C)(C)C. The highest BCUT2D eigenvalue weighted by Crippen LogP contribution is 2.36. The summed E-state index contributed by atoms with van der Waals surface area (Å²) in [5, 5.41) is 0.110. The number of amides is 1. The normalized spacial score (nSPS) is 13.5. The molecule has 0 aliphatic heterocycles. The second kappa shape index (κ2) is 8.73. The first-order valence-corrected chi connectivity index (χ1v) is 11.3. The van der Waals surface area contributed by atoms with Gasteiger partial charge in [-0.1, -0.05) is 32.8 Å². The molecule has 0 spiro atoms. The number of nitrogens with zero attached hydrogens (tertiary/aromatic N) is 1. The van der Waals surface area contributed by atoms with Crippen LogP contribution in [0, 0.1) is 11.8 Å². The van der Waals surface area contributed by atoms with Crippen LogP contribution >= 0.6 is 0 Å². The lowest BCUT2D eigenvalue weighted by Crippen LogP contribution is -2.48. The van der Waals surface area contributed by atoms with Crippen LogP contribution in [0.2, 0.25) is 18.1 Å². The molecule has 0 rings (SSSR count). The standard InChI is InChI=1S/C19H35NO3Si/c1-11-13-14-20(17(21)23-18(3,4)5)16(12-2)15-22-24(9,10)19(6,7)8/h12,16H,2,14-15H2,1,3-10H3/t16-/m0/s1. The van der Waals surface area contributed by atoms with E-state index in [0.717, 1.165) is 0 Å². The van der Waals surface area contributed by atoms with Gasteiger partial charge in [0.2, 0.25) is 0 Å². The smallest absolute Gasteiger partial charge is 0.411 e. The quantitative estimate of drug-likeness (QED) is 0.390. The van der Waals surface area contributed by atoms with Crippen molar-refractivity contribution in [1.29, 1.82) is 0 Å². The van der Waals surface area contributed by atoms with Gasteiger partial charge in [0, 0.05) is 0 Å². The number of carbonyl (C=O) groups excluding carboxylic acids is 1. The van der Waals surface area contributed by atoms with Crippen molar-refractivity contribution in [2.45, 2.75) is 78.2 Å². The van der Waals surface area contributed by atoms with Crippen LogP contribution in [-0.2, 0) is 9.16 Å². The average molecular weight is 354 g/mol. The Kier molecular flexibility index (Phi) is 8.27. The Bertz CT molecular complexity index is 489. The van der Waals surface area contributed by atoms with Gasteiger partial charge in [-0.2, -0.15) is 0 Å². The number of ether oxygens (including phenoxy) is 1. The average Bonchev–Trinajstić information content (AvgIpc) is 2.39. The molecular weight excluding hydrogens is 318 g/mol. The number of carbonyl (C=O) groups is 1. The van der Waals surface area contributed by atoms with Crippen LogP contribution in [0.3, 0.4) is 0 Å². The predicted octanol–water partition coefficient (Wildman–Crippen LogP) is 4.82. The minimum absolute atomic E-state index is 0.110. The highest BCUT2D eigenvalue weighted by atomic mass is 28.4. The van der Waals surface area contributed by atoms with Crippen LogP contribution in [0.25, 0.3) is 0 Å². The summed E-state index contributed by atoms with van der Waals surface area (Å²) >= 11 is 0. The van der Waals surface area contributed by atoms with Crippen molar-refractivity contribution < 1.29 is 14.0 Å². The van der Waals surface area contributed by atoms with Gasteiger partial charge in [-0.3, -0.25) is 4.90 Å². The maximum absolute atomic E-state index is 12.5. The van der Waals surface area contributed by atoms with E-state index in [9.17, 15) is 4.79 Å². The molecule has 0 unspecified atom stereocenters. The van der Waals surface area contributed by atoms with Crippen molar-refractivity contribution in [3.8, 4) is 11.8 Å². The second-order valence-corrected chi connectivity index (χ2v) is 13.2. The van der Waals surface area contributed by atoms with Gasteiger partial charge in [0.1, 0.15) is 5.60 Å². The van der Waals surface area contributed by atoms with E-state index in [4.69, 9.17) is 9.16 Å². The third-order valence-corrected chi connectivity index (χ3v) is 8.65. The van der Waals surface area contributed by atoms with Gasteiger partial charge < -0.3 is 9.16 Å². The molecule has 0 aromatic rings.